The summed E-state index contributed by atoms with van der Waals surface area (Å²) < 4.78 is 0. The lowest BCUT2D eigenvalue weighted by atomic mass is 9.80. The van der Waals surface area contributed by atoms with E-state index in [-0.39, 0.29) is 11.0 Å². The summed E-state index contributed by atoms with van der Waals surface area (Å²) in [6, 6.07) is 11.3. The minimum atomic E-state index is 0.156. The number of hydrogen-bond donors (Lipinski definition) is 0. The molecule has 0 amide bonds. The van der Waals surface area contributed by atoms with Gasteiger partial charge in [0.15, 0.2) is 0 Å². The molecule has 2 heteroatoms. The monoisotopic (exact) mass is 280 g/mol. The summed E-state index contributed by atoms with van der Waals surface area (Å²) >= 11 is 0. The highest BCUT2D eigenvalue weighted by Gasteiger charge is 2.57. The van der Waals surface area contributed by atoms with Crippen LogP contribution in [-0.4, -0.2) is 21.6 Å². The van der Waals surface area contributed by atoms with E-state index in [2.05, 4.69) is 81.0 Å². The van der Waals surface area contributed by atoms with Crippen molar-refractivity contribution >= 4 is 5.70 Å². The minimum Gasteiger partial charge on any atom is -0.281 e. The quantitative estimate of drug-likeness (QED) is 0.751. The predicted octanol–water partition coefficient (Wildman–Crippen LogP) is 4.42. The summed E-state index contributed by atoms with van der Waals surface area (Å²) in [4.78, 5) is 0. The first kappa shape index (κ1) is 13.0. The van der Waals surface area contributed by atoms with Crippen LogP contribution in [0.2, 0.25) is 0 Å². The SMILES string of the molecule is CC1=C2CC(C)(C)N3C(c4ccccc4)=CC(N23)C1(C)C. The number of hydrogen-bond acceptors (Lipinski definition) is 2. The molecule has 0 aliphatic carbocycles. The molecule has 1 unspecified atom stereocenters. The normalized spacial score (nSPS) is 28.2. The van der Waals surface area contributed by atoms with E-state index in [4.69, 9.17) is 0 Å². The van der Waals surface area contributed by atoms with Gasteiger partial charge in [0.2, 0.25) is 0 Å². The highest BCUT2D eigenvalue weighted by molar-refractivity contribution is 5.69. The first-order valence-corrected chi connectivity index (χ1v) is 7.91. The van der Waals surface area contributed by atoms with Crippen LogP contribution in [-0.2, 0) is 0 Å². The molecule has 0 N–H and O–H groups in total. The van der Waals surface area contributed by atoms with Gasteiger partial charge >= 0.3 is 0 Å². The van der Waals surface area contributed by atoms with E-state index in [1.165, 1.54) is 17.0 Å². The van der Waals surface area contributed by atoms with Crippen LogP contribution in [0.5, 0.6) is 0 Å². The van der Waals surface area contributed by atoms with Gasteiger partial charge in [-0.3, -0.25) is 10.0 Å². The molecule has 21 heavy (non-hydrogen) atoms. The largest absolute Gasteiger partial charge is 0.281 e. The van der Waals surface area contributed by atoms with Crippen LogP contribution < -0.4 is 0 Å². The molecule has 1 atom stereocenters. The van der Waals surface area contributed by atoms with E-state index in [0.717, 1.165) is 6.42 Å². The summed E-state index contributed by atoms with van der Waals surface area (Å²) in [6.07, 6.45) is 3.62. The topological polar surface area (TPSA) is 6.48 Å². The maximum absolute atomic E-state index is 2.57. The van der Waals surface area contributed by atoms with Crippen LogP contribution in [0.3, 0.4) is 0 Å². The summed E-state index contributed by atoms with van der Waals surface area (Å²) in [5.74, 6) is 0. The number of rotatable bonds is 1. The van der Waals surface area contributed by atoms with Gasteiger partial charge in [0.1, 0.15) is 0 Å². The Hall–Kier alpha value is -1.70. The first-order valence-electron chi connectivity index (χ1n) is 7.91. The average molecular weight is 280 g/mol. The van der Waals surface area contributed by atoms with E-state index >= 15 is 0 Å². The highest BCUT2D eigenvalue weighted by atomic mass is 15.7. The zero-order valence-corrected chi connectivity index (χ0v) is 13.6. The predicted molar refractivity (Wildman–Crippen MR) is 87.1 cm³/mol. The molecule has 1 aromatic carbocycles. The smallest absolute Gasteiger partial charge is 0.0795 e. The van der Waals surface area contributed by atoms with E-state index < -0.39 is 0 Å². The molecule has 1 fully saturated rings. The Labute approximate surface area is 127 Å². The molecule has 2 nitrogen and oxygen atoms in total. The molecule has 0 radical (unpaired) electrons. The van der Waals surface area contributed by atoms with Crippen molar-refractivity contribution in [3.63, 3.8) is 0 Å². The fourth-order valence-electron chi connectivity index (χ4n) is 4.24. The minimum absolute atomic E-state index is 0.156. The van der Waals surface area contributed by atoms with Crippen molar-refractivity contribution in [2.24, 2.45) is 5.41 Å². The van der Waals surface area contributed by atoms with E-state index in [9.17, 15) is 0 Å². The molecule has 0 aromatic heterocycles. The second kappa shape index (κ2) is 3.73. The molecule has 3 aliphatic rings. The van der Waals surface area contributed by atoms with E-state index in [1.54, 1.807) is 5.57 Å². The van der Waals surface area contributed by atoms with Crippen LogP contribution in [0.25, 0.3) is 5.70 Å². The van der Waals surface area contributed by atoms with Gasteiger partial charge in [0.05, 0.1) is 17.3 Å². The zero-order valence-electron chi connectivity index (χ0n) is 13.6. The Kier molecular flexibility index (Phi) is 2.31. The molecule has 3 aliphatic heterocycles. The highest BCUT2D eigenvalue weighted by Crippen LogP contribution is 2.58. The molecule has 3 heterocycles. The van der Waals surface area contributed by atoms with Crippen molar-refractivity contribution < 1.29 is 0 Å². The van der Waals surface area contributed by atoms with Gasteiger partial charge in [0.25, 0.3) is 0 Å². The fraction of sp³-hybridized carbons (Fsp3) is 0.474. The van der Waals surface area contributed by atoms with Crippen molar-refractivity contribution in [1.29, 1.82) is 0 Å². The maximum Gasteiger partial charge on any atom is 0.0795 e. The second-order valence-electron chi connectivity index (χ2n) is 7.80. The Bertz CT molecular complexity index is 664. The third kappa shape index (κ3) is 1.48. The molecule has 0 bridgehead atoms. The van der Waals surface area contributed by atoms with Crippen molar-refractivity contribution in [3.05, 3.63) is 53.2 Å². The van der Waals surface area contributed by atoms with Crippen molar-refractivity contribution in [3.8, 4) is 0 Å². The molecule has 110 valence electrons. The zero-order chi connectivity index (χ0) is 15.0. The Morgan fingerprint density at radius 2 is 1.71 bits per heavy atom. The molecule has 1 saturated heterocycles. The van der Waals surface area contributed by atoms with E-state index in [1.807, 2.05) is 0 Å². The maximum atomic E-state index is 2.57. The average Bonchev–Trinajstić information content (AvgIpc) is 3.01. The van der Waals surface area contributed by atoms with Crippen LogP contribution in [0.15, 0.2) is 47.7 Å². The lowest BCUT2D eigenvalue weighted by Crippen LogP contribution is -2.45. The molecule has 0 spiro atoms. The van der Waals surface area contributed by atoms with Crippen molar-refractivity contribution in [1.82, 2.24) is 10.0 Å². The fourth-order valence-corrected chi connectivity index (χ4v) is 4.24. The second-order valence-corrected chi connectivity index (χ2v) is 7.80. The number of benzene rings is 1. The van der Waals surface area contributed by atoms with Gasteiger partial charge in [-0.05, 0) is 38.0 Å². The van der Waals surface area contributed by atoms with Crippen LogP contribution in [0.1, 0.15) is 46.6 Å². The Balaban J connectivity index is 1.90. The van der Waals surface area contributed by atoms with Crippen molar-refractivity contribution in [2.45, 2.75) is 52.6 Å². The number of nitrogens with zero attached hydrogens (tertiary/aromatic N) is 2. The van der Waals surface area contributed by atoms with Gasteiger partial charge in [0, 0.05) is 17.5 Å². The van der Waals surface area contributed by atoms with Crippen molar-refractivity contribution in [2.75, 3.05) is 0 Å². The van der Waals surface area contributed by atoms with Gasteiger partial charge in [-0.15, -0.1) is 0 Å². The summed E-state index contributed by atoms with van der Waals surface area (Å²) in [6.45, 7) is 11.8. The van der Waals surface area contributed by atoms with Crippen LogP contribution in [0.4, 0.5) is 0 Å². The first-order chi connectivity index (χ1) is 9.84. The third-order valence-corrected chi connectivity index (χ3v) is 5.68. The van der Waals surface area contributed by atoms with E-state index in [0.29, 0.717) is 6.04 Å². The summed E-state index contributed by atoms with van der Waals surface area (Å²) in [5, 5.41) is 5.11. The lowest BCUT2D eigenvalue weighted by Gasteiger charge is -2.39. The van der Waals surface area contributed by atoms with Crippen LogP contribution >= 0.6 is 0 Å². The van der Waals surface area contributed by atoms with Crippen LogP contribution in [0, 0.1) is 5.41 Å². The Morgan fingerprint density at radius 1 is 1.05 bits per heavy atom. The van der Waals surface area contributed by atoms with Gasteiger partial charge in [-0.2, -0.15) is 0 Å². The third-order valence-electron chi connectivity index (χ3n) is 5.68. The summed E-state index contributed by atoms with van der Waals surface area (Å²) in [7, 11) is 0. The Morgan fingerprint density at radius 3 is 2.38 bits per heavy atom. The summed E-state index contributed by atoms with van der Waals surface area (Å²) in [5.41, 5.74) is 6.18. The molecule has 4 rings (SSSR count). The molecular weight excluding hydrogens is 256 g/mol. The van der Waals surface area contributed by atoms with Gasteiger partial charge in [-0.25, -0.2) is 0 Å². The van der Waals surface area contributed by atoms with Gasteiger partial charge in [-0.1, -0.05) is 44.2 Å². The standard InChI is InChI=1S/C19H24N2/c1-13-16-12-18(2,3)21-15(14-9-7-6-8-10-14)11-17(20(16)21)19(13,4)5/h6-11,17H,12H2,1-5H3. The molecular formula is C19H24N2. The molecule has 0 saturated carbocycles. The van der Waals surface area contributed by atoms with Gasteiger partial charge < -0.3 is 0 Å². The lowest BCUT2D eigenvalue weighted by molar-refractivity contribution is 0.0269. The molecule has 1 aromatic rings. The number of hydrazine groups is 1.